The van der Waals surface area contributed by atoms with Gasteiger partial charge in [-0.1, -0.05) is 30.7 Å². The number of hydrogen-bond donors (Lipinski definition) is 0. The highest BCUT2D eigenvalue weighted by Crippen LogP contribution is 2.34. The third kappa shape index (κ3) is 3.16. The van der Waals surface area contributed by atoms with Gasteiger partial charge in [-0.25, -0.2) is 8.42 Å². The van der Waals surface area contributed by atoms with Crippen LogP contribution in [0.3, 0.4) is 0 Å². The highest BCUT2D eigenvalue weighted by molar-refractivity contribution is 8.14. The molecular formula is C16H17ClO3S. The van der Waals surface area contributed by atoms with Crippen LogP contribution >= 0.6 is 10.7 Å². The van der Waals surface area contributed by atoms with Crippen molar-refractivity contribution in [1.82, 2.24) is 0 Å². The average Bonchev–Trinajstić information content (AvgIpc) is 2.47. The minimum atomic E-state index is -3.76. The molecular weight excluding hydrogens is 308 g/mol. The molecule has 1 saturated carbocycles. The van der Waals surface area contributed by atoms with Gasteiger partial charge in [-0.2, -0.15) is 0 Å². The molecule has 0 amide bonds. The maximum atomic E-state index is 11.7. The molecule has 21 heavy (non-hydrogen) atoms. The molecule has 0 saturated heterocycles. The first-order chi connectivity index (χ1) is 10.1. The Kier molecular flexibility index (Phi) is 4.09. The van der Waals surface area contributed by atoms with Gasteiger partial charge in [0.15, 0.2) is 0 Å². The van der Waals surface area contributed by atoms with Gasteiger partial charge in [0, 0.05) is 21.5 Å². The highest BCUT2D eigenvalue weighted by atomic mass is 35.7. The fourth-order valence-electron chi connectivity index (χ4n) is 2.92. The van der Waals surface area contributed by atoms with Crippen LogP contribution in [0.5, 0.6) is 5.75 Å². The van der Waals surface area contributed by atoms with E-state index in [0.717, 1.165) is 24.0 Å². The van der Waals surface area contributed by atoms with Crippen LogP contribution in [-0.4, -0.2) is 14.5 Å². The van der Waals surface area contributed by atoms with Crippen molar-refractivity contribution in [2.45, 2.75) is 43.1 Å². The Labute approximate surface area is 129 Å². The van der Waals surface area contributed by atoms with Crippen molar-refractivity contribution in [3.63, 3.8) is 0 Å². The van der Waals surface area contributed by atoms with E-state index in [4.69, 9.17) is 15.4 Å². The third-order valence-electron chi connectivity index (χ3n) is 3.95. The number of benzene rings is 2. The molecule has 0 radical (unpaired) electrons. The predicted octanol–water partition coefficient (Wildman–Crippen LogP) is 4.48. The summed E-state index contributed by atoms with van der Waals surface area (Å²) in [6.07, 6.45) is 5.99. The Morgan fingerprint density at radius 2 is 1.62 bits per heavy atom. The number of ether oxygens (including phenoxy) is 1. The molecule has 0 aliphatic heterocycles. The van der Waals surface area contributed by atoms with Crippen molar-refractivity contribution in [3.05, 3.63) is 36.4 Å². The molecule has 2 aromatic rings. The molecule has 112 valence electrons. The van der Waals surface area contributed by atoms with Crippen LogP contribution in [0.25, 0.3) is 10.8 Å². The molecule has 0 bridgehead atoms. The van der Waals surface area contributed by atoms with Gasteiger partial charge in [0.1, 0.15) is 5.75 Å². The van der Waals surface area contributed by atoms with Gasteiger partial charge in [-0.15, -0.1) is 0 Å². The standard InChI is InChI=1S/C16H17ClO3S/c17-21(18,19)16-11-10-15(13-8-4-5-9-14(13)16)20-12-6-2-1-3-7-12/h4-5,8-12H,1-3,6-7H2. The second kappa shape index (κ2) is 5.85. The second-order valence-electron chi connectivity index (χ2n) is 5.42. The molecule has 1 aliphatic carbocycles. The topological polar surface area (TPSA) is 43.4 Å². The van der Waals surface area contributed by atoms with Crippen molar-refractivity contribution in [2.75, 3.05) is 0 Å². The maximum Gasteiger partial charge on any atom is 0.261 e. The second-order valence-corrected chi connectivity index (χ2v) is 7.96. The lowest BCUT2D eigenvalue weighted by Crippen LogP contribution is -2.19. The highest BCUT2D eigenvalue weighted by Gasteiger charge is 2.19. The Balaban J connectivity index is 2.04. The van der Waals surface area contributed by atoms with Crippen LogP contribution in [0.2, 0.25) is 0 Å². The molecule has 0 atom stereocenters. The zero-order valence-corrected chi connectivity index (χ0v) is 13.2. The Hall–Kier alpha value is -1.26. The summed E-state index contributed by atoms with van der Waals surface area (Å²) >= 11 is 0. The first-order valence-corrected chi connectivity index (χ1v) is 9.50. The summed E-state index contributed by atoms with van der Waals surface area (Å²) in [5.74, 6) is 0.738. The van der Waals surface area contributed by atoms with Gasteiger partial charge in [-0.3, -0.25) is 0 Å². The summed E-state index contributed by atoms with van der Waals surface area (Å²) in [7, 11) is 1.75. The van der Waals surface area contributed by atoms with Crippen LogP contribution in [0.1, 0.15) is 32.1 Å². The van der Waals surface area contributed by atoms with Gasteiger partial charge in [-0.05, 0) is 37.8 Å². The van der Waals surface area contributed by atoms with E-state index < -0.39 is 9.05 Å². The molecule has 5 heteroatoms. The lowest BCUT2D eigenvalue weighted by molar-refractivity contribution is 0.157. The monoisotopic (exact) mass is 324 g/mol. The Bertz CT molecular complexity index is 749. The zero-order chi connectivity index (χ0) is 14.9. The molecule has 1 aliphatic rings. The van der Waals surface area contributed by atoms with Crippen molar-refractivity contribution in [1.29, 1.82) is 0 Å². The summed E-state index contributed by atoms with van der Waals surface area (Å²) in [4.78, 5) is 0.135. The lowest BCUT2D eigenvalue weighted by Gasteiger charge is -2.24. The molecule has 2 aromatic carbocycles. The lowest BCUT2D eigenvalue weighted by atomic mass is 9.97. The zero-order valence-electron chi connectivity index (χ0n) is 11.6. The first kappa shape index (κ1) is 14.7. The molecule has 3 nitrogen and oxygen atoms in total. The molecule has 3 rings (SSSR count). The minimum absolute atomic E-state index is 0.135. The number of rotatable bonds is 3. The average molecular weight is 325 g/mol. The van der Waals surface area contributed by atoms with E-state index >= 15 is 0 Å². The predicted molar refractivity (Wildman–Crippen MR) is 84.5 cm³/mol. The molecule has 0 N–H and O–H groups in total. The summed E-state index contributed by atoms with van der Waals surface area (Å²) in [6.45, 7) is 0. The van der Waals surface area contributed by atoms with E-state index in [-0.39, 0.29) is 11.0 Å². The number of hydrogen-bond acceptors (Lipinski definition) is 3. The summed E-state index contributed by atoms with van der Waals surface area (Å²) < 4.78 is 29.4. The van der Waals surface area contributed by atoms with E-state index in [0.29, 0.717) is 5.39 Å². The van der Waals surface area contributed by atoms with Gasteiger partial charge in [0.05, 0.1) is 11.0 Å². The maximum absolute atomic E-state index is 11.7. The smallest absolute Gasteiger partial charge is 0.261 e. The third-order valence-corrected chi connectivity index (χ3v) is 5.33. The van der Waals surface area contributed by atoms with Gasteiger partial charge >= 0.3 is 0 Å². The molecule has 0 heterocycles. The van der Waals surface area contributed by atoms with Gasteiger partial charge in [0.2, 0.25) is 0 Å². The van der Waals surface area contributed by atoms with Crippen molar-refractivity contribution in [3.8, 4) is 5.75 Å². The van der Waals surface area contributed by atoms with Crippen molar-refractivity contribution < 1.29 is 13.2 Å². The quantitative estimate of drug-likeness (QED) is 0.782. The number of halogens is 1. The fourth-order valence-corrected chi connectivity index (χ4v) is 4.00. The summed E-state index contributed by atoms with van der Waals surface area (Å²) in [5, 5.41) is 1.41. The largest absolute Gasteiger partial charge is 0.490 e. The Morgan fingerprint density at radius 1 is 0.952 bits per heavy atom. The van der Waals surface area contributed by atoms with Crippen molar-refractivity contribution >= 4 is 30.5 Å². The first-order valence-electron chi connectivity index (χ1n) is 7.19. The van der Waals surface area contributed by atoms with Crippen LogP contribution in [-0.2, 0) is 9.05 Å². The summed E-state index contributed by atoms with van der Waals surface area (Å²) in [6, 6.07) is 10.6. The van der Waals surface area contributed by atoms with Crippen LogP contribution in [0, 0.1) is 0 Å². The molecule has 1 fully saturated rings. The fraction of sp³-hybridized carbons (Fsp3) is 0.375. The number of fused-ring (bicyclic) bond motifs is 1. The van der Waals surface area contributed by atoms with E-state index in [9.17, 15) is 8.42 Å². The molecule has 0 unspecified atom stereocenters. The van der Waals surface area contributed by atoms with Gasteiger partial charge in [0.25, 0.3) is 9.05 Å². The molecule has 0 aromatic heterocycles. The van der Waals surface area contributed by atoms with Crippen LogP contribution in [0.15, 0.2) is 41.3 Å². The van der Waals surface area contributed by atoms with Gasteiger partial charge < -0.3 is 4.74 Å². The van der Waals surface area contributed by atoms with E-state index in [1.54, 1.807) is 18.2 Å². The Morgan fingerprint density at radius 3 is 2.29 bits per heavy atom. The van der Waals surface area contributed by atoms with Crippen LogP contribution < -0.4 is 4.74 Å². The molecule has 0 spiro atoms. The van der Waals surface area contributed by atoms with Crippen molar-refractivity contribution in [2.24, 2.45) is 0 Å². The van der Waals surface area contributed by atoms with E-state index in [1.807, 2.05) is 12.1 Å². The summed E-state index contributed by atoms with van der Waals surface area (Å²) in [5.41, 5.74) is 0. The SMILES string of the molecule is O=S(=O)(Cl)c1ccc(OC2CCCCC2)c2ccccc12. The minimum Gasteiger partial charge on any atom is -0.490 e. The van der Waals surface area contributed by atoms with Crippen LogP contribution in [0.4, 0.5) is 0 Å². The van der Waals surface area contributed by atoms with E-state index in [2.05, 4.69) is 0 Å². The normalized spacial score (nSPS) is 17.0. The van der Waals surface area contributed by atoms with E-state index in [1.165, 1.54) is 25.3 Å².